The van der Waals surface area contributed by atoms with E-state index in [0.717, 1.165) is 0 Å². The number of terminal acetylenes is 1. The number of nitrogens with one attached hydrogen (secondary N) is 1. The van der Waals surface area contributed by atoms with Crippen LogP contribution >= 0.6 is 0 Å². The van der Waals surface area contributed by atoms with Crippen LogP contribution < -0.4 is 5.32 Å². The first kappa shape index (κ1) is 8.95. The molecule has 0 aliphatic carbocycles. The van der Waals surface area contributed by atoms with Gasteiger partial charge in [-0.05, 0) is 5.92 Å². The largest absolute Gasteiger partial charge is 0.394 e. The lowest BCUT2D eigenvalue weighted by Gasteiger charge is -2.09. The Morgan fingerprint density at radius 3 is 2.40 bits per heavy atom. The summed E-state index contributed by atoms with van der Waals surface area (Å²) in [5, 5.41) is 19.0. The van der Waals surface area contributed by atoms with Gasteiger partial charge in [0.2, 0.25) is 0 Å². The van der Waals surface area contributed by atoms with Crippen LogP contribution in [0, 0.1) is 12.3 Å². The van der Waals surface area contributed by atoms with E-state index < -0.39 is 11.9 Å². The highest BCUT2D eigenvalue weighted by Gasteiger charge is 2.06. The van der Waals surface area contributed by atoms with Crippen LogP contribution in [0.3, 0.4) is 0 Å². The molecule has 0 aromatic rings. The summed E-state index contributed by atoms with van der Waals surface area (Å²) in [4.78, 5) is 10.4. The minimum atomic E-state index is -0.649. The average molecular weight is 143 g/mol. The van der Waals surface area contributed by atoms with E-state index in [9.17, 15) is 4.79 Å². The van der Waals surface area contributed by atoms with E-state index in [-0.39, 0.29) is 13.2 Å². The molecule has 0 saturated heterocycles. The van der Waals surface area contributed by atoms with Crippen LogP contribution in [0.5, 0.6) is 0 Å². The zero-order valence-corrected chi connectivity index (χ0v) is 5.37. The fourth-order valence-electron chi connectivity index (χ4n) is 0.376. The van der Waals surface area contributed by atoms with Crippen LogP contribution in [-0.4, -0.2) is 35.4 Å². The van der Waals surface area contributed by atoms with E-state index >= 15 is 0 Å². The molecule has 10 heavy (non-hydrogen) atoms. The first-order chi connectivity index (χ1) is 4.74. The molecule has 0 unspecified atom stereocenters. The zero-order valence-electron chi connectivity index (χ0n) is 5.37. The van der Waals surface area contributed by atoms with Crippen molar-refractivity contribution in [1.82, 2.24) is 5.32 Å². The van der Waals surface area contributed by atoms with E-state index in [1.807, 2.05) is 0 Å². The Balaban J connectivity index is 3.65. The number of amides is 1. The van der Waals surface area contributed by atoms with Gasteiger partial charge in [-0.2, -0.15) is 0 Å². The van der Waals surface area contributed by atoms with Gasteiger partial charge in [-0.25, -0.2) is 0 Å². The molecule has 0 aliphatic rings. The molecule has 0 aliphatic heterocycles. The van der Waals surface area contributed by atoms with Crippen molar-refractivity contribution in [2.75, 3.05) is 13.2 Å². The fraction of sp³-hybridized carbons (Fsp3) is 0.500. The first-order valence-electron chi connectivity index (χ1n) is 2.73. The summed E-state index contributed by atoms with van der Waals surface area (Å²) in [5.74, 6) is 1.16. The summed E-state index contributed by atoms with van der Waals surface area (Å²) in [6, 6.07) is -0.649. The summed E-state index contributed by atoms with van der Waals surface area (Å²) in [6.07, 6.45) is 4.70. The number of hydrogen-bond donors (Lipinski definition) is 3. The highest BCUT2D eigenvalue weighted by molar-refractivity contribution is 5.93. The van der Waals surface area contributed by atoms with Gasteiger partial charge < -0.3 is 15.5 Å². The third-order valence-corrected chi connectivity index (χ3v) is 0.907. The lowest BCUT2D eigenvalue weighted by atomic mass is 10.3. The molecule has 0 aromatic heterocycles. The van der Waals surface area contributed by atoms with Crippen molar-refractivity contribution in [1.29, 1.82) is 0 Å². The van der Waals surface area contributed by atoms with Crippen LogP contribution in [-0.2, 0) is 4.79 Å². The molecular weight excluding hydrogens is 134 g/mol. The van der Waals surface area contributed by atoms with Gasteiger partial charge in [0.25, 0.3) is 5.91 Å². The Morgan fingerprint density at radius 2 is 2.10 bits per heavy atom. The maximum atomic E-state index is 10.4. The Hall–Kier alpha value is -1.05. The first-order valence-corrected chi connectivity index (χ1v) is 2.73. The van der Waals surface area contributed by atoms with Gasteiger partial charge in [-0.15, -0.1) is 6.42 Å². The molecule has 3 N–H and O–H groups in total. The van der Waals surface area contributed by atoms with Crippen molar-refractivity contribution in [2.45, 2.75) is 6.04 Å². The van der Waals surface area contributed by atoms with Gasteiger partial charge in [-0.3, -0.25) is 4.79 Å². The molecule has 0 atom stereocenters. The van der Waals surface area contributed by atoms with Crippen molar-refractivity contribution in [2.24, 2.45) is 0 Å². The van der Waals surface area contributed by atoms with Gasteiger partial charge >= 0.3 is 0 Å². The molecular formula is C6H9NO3. The highest BCUT2D eigenvalue weighted by atomic mass is 16.3. The van der Waals surface area contributed by atoms with Gasteiger partial charge in [0.15, 0.2) is 0 Å². The quantitative estimate of drug-likeness (QED) is 0.404. The molecule has 0 aromatic carbocycles. The van der Waals surface area contributed by atoms with Crippen molar-refractivity contribution in [3.63, 3.8) is 0 Å². The van der Waals surface area contributed by atoms with E-state index in [1.54, 1.807) is 5.92 Å². The van der Waals surface area contributed by atoms with Crippen molar-refractivity contribution < 1.29 is 15.0 Å². The summed E-state index contributed by atoms with van der Waals surface area (Å²) in [7, 11) is 0. The molecule has 56 valence electrons. The minimum absolute atomic E-state index is 0.316. The number of hydrogen-bond acceptors (Lipinski definition) is 3. The number of rotatable bonds is 3. The predicted molar refractivity (Wildman–Crippen MR) is 34.9 cm³/mol. The standard InChI is InChI=1S/C6H9NO3/c1-2-6(10)7-5(3-8)4-9/h1,5,8-9H,3-4H2,(H,7,10). The molecule has 0 spiro atoms. The molecule has 0 bridgehead atoms. The van der Waals surface area contributed by atoms with Crippen LogP contribution in [0.4, 0.5) is 0 Å². The van der Waals surface area contributed by atoms with Crippen molar-refractivity contribution in [3.8, 4) is 12.3 Å². The maximum Gasteiger partial charge on any atom is 0.296 e. The predicted octanol–water partition coefficient (Wildman–Crippen LogP) is -1.91. The third-order valence-electron chi connectivity index (χ3n) is 0.907. The Labute approximate surface area is 58.9 Å². The van der Waals surface area contributed by atoms with Crippen molar-refractivity contribution in [3.05, 3.63) is 0 Å². The molecule has 0 fully saturated rings. The summed E-state index contributed by atoms with van der Waals surface area (Å²) in [6.45, 7) is -0.631. The van der Waals surface area contributed by atoms with Crippen molar-refractivity contribution >= 4 is 5.91 Å². The number of carbonyl (C=O) groups excluding carboxylic acids is 1. The molecule has 0 saturated carbocycles. The number of aliphatic hydroxyl groups excluding tert-OH is 2. The van der Waals surface area contributed by atoms with E-state index in [4.69, 9.17) is 16.6 Å². The lowest BCUT2D eigenvalue weighted by Crippen LogP contribution is -2.39. The monoisotopic (exact) mass is 143 g/mol. The van der Waals surface area contributed by atoms with E-state index in [1.165, 1.54) is 0 Å². The Kier molecular flexibility index (Phi) is 4.29. The molecule has 1 amide bonds. The second kappa shape index (κ2) is 4.79. The van der Waals surface area contributed by atoms with Crippen LogP contribution in [0.1, 0.15) is 0 Å². The molecule has 4 heteroatoms. The summed E-state index contributed by atoms with van der Waals surface area (Å²) >= 11 is 0. The third kappa shape index (κ3) is 3.07. The smallest absolute Gasteiger partial charge is 0.296 e. The maximum absolute atomic E-state index is 10.4. The second-order valence-electron chi connectivity index (χ2n) is 1.68. The topological polar surface area (TPSA) is 69.6 Å². The van der Waals surface area contributed by atoms with E-state index in [2.05, 4.69) is 5.32 Å². The normalized spacial score (nSPS) is 9.00. The van der Waals surface area contributed by atoms with Crippen LogP contribution in [0.2, 0.25) is 0 Å². The molecule has 4 nitrogen and oxygen atoms in total. The van der Waals surface area contributed by atoms with E-state index in [0.29, 0.717) is 0 Å². The SMILES string of the molecule is C#CC(=O)NC(CO)CO. The lowest BCUT2D eigenvalue weighted by molar-refractivity contribution is -0.117. The van der Waals surface area contributed by atoms with Crippen LogP contribution in [0.15, 0.2) is 0 Å². The van der Waals surface area contributed by atoms with Gasteiger partial charge in [0.05, 0.1) is 19.3 Å². The summed E-state index contributed by atoms with van der Waals surface area (Å²) < 4.78 is 0. The Morgan fingerprint density at radius 1 is 1.60 bits per heavy atom. The average Bonchev–Trinajstić information content (AvgIpc) is 1.99. The van der Waals surface area contributed by atoms with Gasteiger partial charge in [0, 0.05) is 0 Å². The molecule has 0 radical (unpaired) electrons. The number of carbonyl (C=O) groups is 1. The molecule has 0 rings (SSSR count). The fourth-order valence-corrected chi connectivity index (χ4v) is 0.376. The Bertz CT molecular complexity index is 146. The van der Waals surface area contributed by atoms with Gasteiger partial charge in [0.1, 0.15) is 0 Å². The van der Waals surface area contributed by atoms with Crippen LogP contribution in [0.25, 0.3) is 0 Å². The summed E-state index contributed by atoms with van der Waals surface area (Å²) in [5.41, 5.74) is 0. The van der Waals surface area contributed by atoms with Gasteiger partial charge in [-0.1, -0.05) is 0 Å². The zero-order chi connectivity index (χ0) is 7.98. The number of aliphatic hydroxyl groups is 2. The molecule has 0 heterocycles. The minimum Gasteiger partial charge on any atom is -0.394 e. The second-order valence-corrected chi connectivity index (χ2v) is 1.68. The highest BCUT2D eigenvalue weighted by Crippen LogP contribution is 1.77.